The molecule has 5 nitrogen and oxygen atoms in total. The van der Waals surface area contributed by atoms with E-state index in [1.807, 2.05) is 17.8 Å². The molecule has 25 heavy (non-hydrogen) atoms. The van der Waals surface area contributed by atoms with Crippen LogP contribution in [0.5, 0.6) is 0 Å². The van der Waals surface area contributed by atoms with Gasteiger partial charge in [-0.05, 0) is 44.0 Å². The van der Waals surface area contributed by atoms with Gasteiger partial charge in [0.25, 0.3) is 0 Å². The zero-order chi connectivity index (χ0) is 17.9. The maximum absolute atomic E-state index is 4.66. The van der Waals surface area contributed by atoms with Gasteiger partial charge in [0.15, 0.2) is 5.96 Å². The fourth-order valence-corrected chi connectivity index (χ4v) is 2.75. The summed E-state index contributed by atoms with van der Waals surface area (Å²) in [7, 11) is 2.03. The van der Waals surface area contributed by atoms with E-state index in [2.05, 4.69) is 77.0 Å². The van der Waals surface area contributed by atoms with Crippen molar-refractivity contribution < 1.29 is 0 Å². The van der Waals surface area contributed by atoms with Crippen LogP contribution in [0.3, 0.4) is 0 Å². The standard InChI is InChI=1S/C20H31N5/c1-4-21-20(23-16-18-12-15-24(3)17-18)22-13-9-14-25(5-2)19-10-7-6-8-11-19/h6-8,10-12,15,17H,4-5,9,13-14,16H2,1-3H3,(H2,21,22,23). The molecular formula is C20H31N5. The Labute approximate surface area is 151 Å². The second-order valence-corrected chi connectivity index (χ2v) is 6.08. The lowest BCUT2D eigenvalue weighted by Gasteiger charge is -2.23. The molecule has 1 heterocycles. The molecule has 0 aliphatic carbocycles. The molecule has 0 aliphatic rings. The smallest absolute Gasteiger partial charge is 0.191 e. The number of rotatable bonds is 9. The number of guanidine groups is 1. The molecule has 0 saturated heterocycles. The Kier molecular flexibility index (Phi) is 7.89. The van der Waals surface area contributed by atoms with Crippen molar-refractivity contribution >= 4 is 11.6 Å². The fourth-order valence-electron chi connectivity index (χ4n) is 2.75. The number of aliphatic imine (C=N–C) groups is 1. The van der Waals surface area contributed by atoms with Gasteiger partial charge in [-0.1, -0.05) is 18.2 Å². The molecular weight excluding hydrogens is 310 g/mol. The van der Waals surface area contributed by atoms with Gasteiger partial charge in [-0.2, -0.15) is 0 Å². The van der Waals surface area contributed by atoms with E-state index in [0.29, 0.717) is 6.54 Å². The molecule has 0 atom stereocenters. The summed E-state index contributed by atoms with van der Waals surface area (Å²) in [6, 6.07) is 12.7. The van der Waals surface area contributed by atoms with Crippen LogP contribution in [0.1, 0.15) is 25.8 Å². The summed E-state index contributed by atoms with van der Waals surface area (Å²) in [5.74, 6) is 0.883. The number of anilines is 1. The number of hydrogen-bond donors (Lipinski definition) is 2. The van der Waals surface area contributed by atoms with E-state index in [-0.39, 0.29) is 0 Å². The van der Waals surface area contributed by atoms with Gasteiger partial charge < -0.3 is 20.1 Å². The predicted octanol–water partition coefficient (Wildman–Crippen LogP) is 3.00. The summed E-state index contributed by atoms with van der Waals surface area (Å²) < 4.78 is 2.05. The van der Waals surface area contributed by atoms with E-state index < -0.39 is 0 Å². The summed E-state index contributed by atoms with van der Waals surface area (Å²) in [6.07, 6.45) is 5.22. The zero-order valence-corrected chi connectivity index (χ0v) is 15.7. The molecule has 5 heteroatoms. The van der Waals surface area contributed by atoms with Gasteiger partial charge in [-0.15, -0.1) is 0 Å². The van der Waals surface area contributed by atoms with Gasteiger partial charge in [0.1, 0.15) is 0 Å². The Morgan fingerprint density at radius 2 is 1.92 bits per heavy atom. The van der Waals surface area contributed by atoms with Crippen LogP contribution in [0.4, 0.5) is 5.69 Å². The second kappa shape index (κ2) is 10.4. The largest absolute Gasteiger partial charge is 0.372 e. The van der Waals surface area contributed by atoms with Crippen molar-refractivity contribution in [1.82, 2.24) is 15.2 Å². The first-order valence-corrected chi connectivity index (χ1v) is 9.16. The summed E-state index contributed by atoms with van der Waals surface area (Å²) in [6.45, 7) is 8.81. The SMILES string of the molecule is CCNC(=NCc1ccn(C)c1)NCCCN(CC)c1ccccc1. The second-order valence-electron chi connectivity index (χ2n) is 6.08. The first-order chi connectivity index (χ1) is 12.2. The first kappa shape index (κ1) is 18.9. The van der Waals surface area contributed by atoms with Gasteiger partial charge in [-0.25, -0.2) is 4.99 Å². The molecule has 2 rings (SSSR count). The van der Waals surface area contributed by atoms with E-state index in [1.54, 1.807) is 0 Å². The Morgan fingerprint density at radius 1 is 1.12 bits per heavy atom. The van der Waals surface area contributed by atoms with Crippen LogP contribution >= 0.6 is 0 Å². The fraction of sp³-hybridized carbons (Fsp3) is 0.450. The average molecular weight is 342 g/mol. The zero-order valence-electron chi connectivity index (χ0n) is 15.7. The van der Waals surface area contributed by atoms with Crippen molar-refractivity contribution in [3.05, 3.63) is 54.4 Å². The van der Waals surface area contributed by atoms with Crippen molar-refractivity contribution in [3.63, 3.8) is 0 Å². The minimum absolute atomic E-state index is 0.696. The normalized spacial score (nSPS) is 11.4. The van der Waals surface area contributed by atoms with Crippen LogP contribution in [0.15, 0.2) is 53.8 Å². The molecule has 0 unspecified atom stereocenters. The van der Waals surface area contributed by atoms with Crippen LogP contribution in [0.2, 0.25) is 0 Å². The molecule has 136 valence electrons. The van der Waals surface area contributed by atoms with E-state index in [9.17, 15) is 0 Å². The Morgan fingerprint density at radius 3 is 2.56 bits per heavy atom. The number of aromatic nitrogens is 1. The Bertz CT molecular complexity index is 633. The van der Waals surface area contributed by atoms with Crippen molar-refractivity contribution in [2.45, 2.75) is 26.8 Å². The van der Waals surface area contributed by atoms with Crippen molar-refractivity contribution in [1.29, 1.82) is 0 Å². The lowest BCUT2D eigenvalue weighted by atomic mass is 10.2. The van der Waals surface area contributed by atoms with Crippen molar-refractivity contribution in [3.8, 4) is 0 Å². The highest BCUT2D eigenvalue weighted by molar-refractivity contribution is 5.79. The number of nitrogens with zero attached hydrogens (tertiary/aromatic N) is 3. The monoisotopic (exact) mass is 341 g/mol. The average Bonchev–Trinajstić information content (AvgIpc) is 3.05. The number of benzene rings is 1. The number of para-hydroxylation sites is 1. The van der Waals surface area contributed by atoms with Crippen molar-refractivity contribution in [2.24, 2.45) is 12.0 Å². The van der Waals surface area contributed by atoms with E-state index in [0.717, 1.165) is 38.6 Å². The lowest BCUT2D eigenvalue weighted by Crippen LogP contribution is -2.38. The third-order valence-electron chi connectivity index (χ3n) is 4.06. The maximum atomic E-state index is 4.66. The van der Waals surface area contributed by atoms with Gasteiger partial charge in [0.2, 0.25) is 0 Å². The van der Waals surface area contributed by atoms with Crippen molar-refractivity contribution in [2.75, 3.05) is 31.1 Å². The molecule has 0 spiro atoms. The van der Waals surface area contributed by atoms with Crippen LogP contribution in [-0.2, 0) is 13.6 Å². The topological polar surface area (TPSA) is 44.6 Å². The minimum atomic E-state index is 0.696. The van der Waals surface area contributed by atoms with Gasteiger partial charge in [0, 0.05) is 51.3 Å². The molecule has 1 aromatic heterocycles. The summed E-state index contributed by atoms with van der Waals surface area (Å²) >= 11 is 0. The maximum Gasteiger partial charge on any atom is 0.191 e. The van der Waals surface area contributed by atoms with Crippen LogP contribution in [-0.4, -0.2) is 36.7 Å². The minimum Gasteiger partial charge on any atom is -0.372 e. The van der Waals surface area contributed by atoms with Gasteiger partial charge >= 0.3 is 0 Å². The molecule has 2 N–H and O–H groups in total. The molecule has 0 amide bonds. The highest BCUT2D eigenvalue weighted by atomic mass is 15.2. The molecule has 0 bridgehead atoms. The summed E-state index contributed by atoms with van der Waals surface area (Å²) in [4.78, 5) is 7.06. The molecule has 0 radical (unpaired) electrons. The first-order valence-electron chi connectivity index (χ1n) is 9.16. The van der Waals surface area contributed by atoms with E-state index >= 15 is 0 Å². The molecule has 0 aliphatic heterocycles. The van der Waals surface area contributed by atoms with Crippen LogP contribution < -0.4 is 15.5 Å². The van der Waals surface area contributed by atoms with E-state index in [1.165, 1.54) is 11.3 Å². The van der Waals surface area contributed by atoms with Gasteiger partial charge in [0.05, 0.1) is 6.54 Å². The molecule has 0 fully saturated rings. The molecule has 0 saturated carbocycles. The Hall–Kier alpha value is -2.43. The number of hydrogen-bond acceptors (Lipinski definition) is 2. The Balaban J connectivity index is 1.78. The molecule has 1 aromatic carbocycles. The number of nitrogens with one attached hydrogen (secondary N) is 2. The molecule has 2 aromatic rings. The van der Waals surface area contributed by atoms with Crippen LogP contribution in [0.25, 0.3) is 0 Å². The van der Waals surface area contributed by atoms with E-state index in [4.69, 9.17) is 0 Å². The third-order valence-corrected chi connectivity index (χ3v) is 4.06. The quantitative estimate of drug-likeness (QED) is 0.419. The number of aryl methyl sites for hydroxylation is 1. The lowest BCUT2D eigenvalue weighted by molar-refractivity contribution is 0.709. The van der Waals surface area contributed by atoms with Gasteiger partial charge in [-0.3, -0.25) is 0 Å². The third kappa shape index (κ3) is 6.53. The van der Waals surface area contributed by atoms with Crippen LogP contribution in [0, 0.1) is 0 Å². The summed E-state index contributed by atoms with van der Waals surface area (Å²) in [5, 5.41) is 6.75. The highest BCUT2D eigenvalue weighted by Crippen LogP contribution is 2.12. The highest BCUT2D eigenvalue weighted by Gasteiger charge is 2.03. The predicted molar refractivity (Wildman–Crippen MR) is 107 cm³/mol. The summed E-state index contributed by atoms with van der Waals surface area (Å²) in [5.41, 5.74) is 2.51.